The molecule has 2 aromatic carbocycles. The summed E-state index contributed by atoms with van der Waals surface area (Å²) in [7, 11) is 0. The molecular formula is C20H19N3O. The Morgan fingerprint density at radius 2 is 1.96 bits per heavy atom. The van der Waals surface area contributed by atoms with Gasteiger partial charge in [0, 0.05) is 18.5 Å². The number of rotatable bonds is 5. The van der Waals surface area contributed by atoms with Crippen LogP contribution in [0.5, 0.6) is 0 Å². The smallest absolute Gasteiger partial charge is 0.244 e. The van der Waals surface area contributed by atoms with E-state index in [0.29, 0.717) is 0 Å². The van der Waals surface area contributed by atoms with Gasteiger partial charge in [0.05, 0.1) is 11.7 Å². The van der Waals surface area contributed by atoms with Crippen LogP contribution in [0.1, 0.15) is 24.1 Å². The van der Waals surface area contributed by atoms with Gasteiger partial charge in [-0.2, -0.15) is 5.10 Å². The van der Waals surface area contributed by atoms with Crippen molar-refractivity contribution in [3.8, 4) is 5.69 Å². The zero-order valence-electron chi connectivity index (χ0n) is 13.5. The van der Waals surface area contributed by atoms with E-state index in [9.17, 15) is 4.79 Å². The highest BCUT2D eigenvalue weighted by Crippen LogP contribution is 2.16. The largest absolute Gasteiger partial charge is 0.346 e. The van der Waals surface area contributed by atoms with Crippen molar-refractivity contribution in [1.29, 1.82) is 0 Å². The number of nitrogens with zero attached hydrogens (tertiary/aromatic N) is 2. The third-order valence-electron chi connectivity index (χ3n) is 3.72. The number of nitrogens with one attached hydrogen (secondary N) is 1. The minimum absolute atomic E-state index is 0.0894. The number of carbonyl (C=O) groups excluding carboxylic acids is 1. The van der Waals surface area contributed by atoms with Gasteiger partial charge in [0.25, 0.3) is 0 Å². The van der Waals surface area contributed by atoms with Crippen LogP contribution in [0.4, 0.5) is 0 Å². The molecule has 0 aliphatic carbocycles. The van der Waals surface area contributed by atoms with E-state index in [0.717, 1.165) is 16.8 Å². The molecule has 1 aromatic heterocycles. The molecule has 24 heavy (non-hydrogen) atoms. The second-order valence-electron chi connectivity index (χ2n) is 5.52. The molecule has 4 nitrogen and oxygen atoms in total. The Kier molecular flexibility index (Phi) is 4.87. The molecule has 0 saturated carbocycles. The molecule has 0 saturated heterocycles. The Bertz CT molecular complexity index is 823. The van der Waals surface area contributed by atoms with Crippen LogP contribution in [-0.2, 0) is 4.79 Å². The second-order valence-corrected chi connectivity index (χ2v) is 5.52. The first-order valence-corrected chi connectivity index (χ1v) is 7.86. The van der Waals surface area contributed by atoms with E-state index in [1.165, 1.54) is 0 Å². The summed E-state index contributed by atoms with van der Waals surface area (Å²) in [6, 6.07) is 19.5. The number of carbonyl (C=O) groups is 1. The topological polar surface area (TPSA) is 46.9 Å². The predicted molar refractivity (Wildman–Crippen MR) is 95.6 cm³/mol. The van der Waals surface area contributed by atoms with Gasteiger partial charge in [0.2, 0.25) is 5.91 Å². The van der Waals surface area contributed by atoms with Gasteiger partial charge in [-0.3, -0.25) is 4.79 Å². The molecule has 0 fully saturated rings. The molecule has 1 atom stereocenters. The molecule has 0 radical (unpaired) electrons. The lowest BCUT2D eigenvalue weighted by molar-refractivity contribution is -0.117. The van der Waals surface area contributed by atoms with Crippen molar-refractivity contribution in [3.63, 3.8) is 0 Å². The molecule has 3 aromatic rings. The highest BCUT2D eigenvalue weighted by atomic mass is 16.1. The Morgan fingerprint density at radius 1 is 1.12 bits per heavy atom. The predicted octanol–water partition coefficient (Wildman–Crippen LogP) is 3.76. The third-order valence-corrected chi connectivity index (χ3v) is 3.72. The lowest BCUT2D eigenvalue weighted by Crippen LogP contribution is -2.24. The SMILES string of the molecule is C[C@H](NC(=O)C=Cc1ccccc1)c1cccc(-n2cccn2)c1. The van der Waals surface area contributed by atoms with Crippen LogP contribution in [0.25, 0.3) is 11.8 Å². The molecule has 120 valence electrons. The van der Waals surface area contributed by atoms with Gasteiger partial charge in [0.1, 0.15) is 0 Å². The second kappa shape index (κ2) is 7.42. The number of amides is 1. The van der Waals surface area contributed by atoms with Gasteiger partial charge >= 0.3 is 0 Å². The van der Waals surface area contributed by atoms with Crippen molar-refractivity contribution >= 4 is 12.0 Å². The van der Waals surface area contributed by atoms with Crippen LogP contribution >= 0.6 is 0 Å². The van der Waals surface area contributed by atoms with Crippen molar-refractivity contribution < 1.29 is 4.79 Å². The zero-order valence-corrected chi connectivity index (χ0v) is 13.5. The van der Waals surface area contributed by atoms with Crippen LogP contribution in [0.3, 0.4) is 0 Å². The quantitative estimate of drug-likeness (QED) is 0.728. The molecule has 0 bridgehead atoms. The van der Waals surface area contributed by atoms with Gasteiger partial charge < -0.3 is 5.32 Å². The van der Waals surface area contributed by atoms with E-state index in [-0.39, 0.29) is 11.9 Å². The Balaban J connectivity index is 1.66. The minimum Gasteiger partial charge on any atom is -0.346 e. The normalized spacial score (nSPS) is 12.2. The van der Waals surface area contributed by atoms with Crippen molar-refractivity contribution in [2.45, 2.75) is 13.0 Å². The number of benzene rings is 2. The molecule has 0 aliphatic rings. The summed E-state index contributed by atoms with van der Waals surface area (Å²) in [6.45, 7) is 1.97. The van der Waals surface area contributed by atoms with Gasteiger partial charge in [-0.05, 0) is 42.3 Å². The van der Waals surface area contributed by atoms with Gasteiger partial charge in [-0.15, -0.1) is 0 Å². The highest BCUT2D eigenvalue weighted by Gasteiger charge is 2.08. The number of aromatic nitrogens is 2. The van der Waals surface area contributed by atoms with Gasteiger partial charge in [-0.25, -0.2) is 4.68 Å². The van der Waals surface area contributed by atoms with E-state index in [1.54, 1.807) is 17.0 Å². The van der Waals surface area contributed by atoms with Crippen LogP contribution < -0.4 is 5.32 Å². The first-order valence-electron chi connectivity index (χ1n) is 7.86. The van der Waals surface area contributed by atoms with Crippen molar-refractivity contribution in [2.75, 3.05) is 0 Å². The molecule has 0 unspecified atom stereocenters. The molecule has 1 N–H and O–H groups in total. The number of hydrogen-bond acceptors (Lipinski definition) is 2. The molecule has 0 aliphatic heterocycles. The fourth-order valence-electron chi connectivity index (χ4n) is 2.44. The molecule has 1 heterocycles. The first-order chi connectivity index (χ1) is 11.7. The lowest BCUT2D eigenvalue weighted by Gasteiger charge is -2.14. The average Bonchev–Trinajstić information content (AvgIpc) is 3.16. The van der Waals surface area contributed by atoms with E-state index < -0.39 is 0 Å². The molecule has 4 heteroatoms. The van der Waals surface area contributed by atoms with Crippen LogP contribution in [0.2, 0.25) is 0 Å². The standard InChI is InChI=1S/C20H19N3O/c1-16(22-20(24)12-11-17-7-3-2-4-8-17)18-9-5-10-19(15-18)23-14-6-13-21-23/h2-16H,1H3,(H,22,24)/t16-/m0/s1. The fourth-order valence-corrected chi connectivity index (χ4v) is 2.44. The van der Waals surface area contributed by atoms with E-state index in [1.807, 2.05) is 79.9 Å². The summed E-state index contributed by atoms with van der Waals surface area (Å²) in [6.07, 6.45) is 7.00. The van der Waals surface area contributed by atoms with E-state index in [4.69, 9.17) is 0 Å². The fraction of sp³-hybridized carbons (Fsp3) is 0.100. The van der Waals surface area contributed by atoms with Crippen molar-refractivity contribution in [1.82, 2.24) is 15.1 Å². The Labute approximate surface area is 141 Å². The van der Waals surface area contributed by atoms with Crippen LogP contribution in [0, 0.1) is 0 Å². The van der Waals surface area contributed by atoms with Crippen LogP contribution in [-0.4, -0.2) is 15.7 Å². The molecule has 1 amide bonds. The summed E-state index contributed by atoms with van der Waals surface area (Å²) >= 11 is 0. The summed E-state index contributed by atoms with van der Waals surface area (Å²) in [5.74, 6) is -0.115. The first kappa shape index (κ1) is 15.7. The maximum atomic E-state index is 12.1. The maximum absolute atomic E-state index is 12.1. The van der Waals surface area contributed by atoms with Gasteiger partial charge in [0.15, 0.2) is 0 Å². The maximum Gasteiger partial charge on any atom is 0.244 e. The average molecular weight is 317 g/mol. The number of hydrogen-bond donors (Lipinski definition) is 1. The Hall–Kier alpha value is -3.14. The Morgan fingerprint density at radius 3 is 2.71 bits per heavy atom. The summed E-state index contributed by atoms with van der Waals surface area (Å²) in [4.78, 5) is 12.1. The van der Waals surface area contributed by atoms with Gasteiger partial charge in [-0.1, -0.05) is 42.5 Å². The van der Waals surface area contributed by atoms with Crippen molar-refractivity contribution in [3.05, 3.63) is 90.3 Å². The third kappa shape index (κ3) is 3.98. The molecule has 0 spiro atoms. The zero-order chi connectivity index (χ0) is 16.8. The highest BCUT2D eigenvalue weighted by molar-refractivity contribution is 5.91. The van der Waals surface area contributed by atoms with Crippen molar-refractivity contribution in [2.24, 2.45) is 0 Å². The van der Waals surface area contributed by atoms with Crippen LogP contribution in [0.15, 0.2) is 79.1 Å². The molecular weight excluding hydrogens is 298 g/mol. The van der Waals surface area contributed by atoms with E-state index >= 15 is 0 Å². The summed E-state index contributed by atoms with van der Waals surface area (Å²) < 4.78 is 1.80. The minimum atomic E-state index is -0.115. The summed E-state index contributed by atoms with van der Waals surface area (Å²) in [5, 5.41) is 7.21. The van der Waals surface area contributed by atoms with E-state index in [2.05, 4.69) is 10.4 Å². The lowest BCUT2D eigenvalue weighted by atomic mass is 10.1. The molecule has 3 rings (SSSR count). The summed E-state index contributed by atoms with van der Waals surface area (Å²) in [5.41, 5.74) is 3.00. The monoisotopic (exact) mass is 317 g/mol.